The predicted molar refractivity (Wildman–Crippen MR) is 89.2 cm³/mol. The number of hydrogen-bond donors (Lipinski definition) is 2. The minimum atomic E-state index is -0.283. The number of nitrogens with one attached hydrogen (secondary N) is 2. The van der Waals surface area contributed by atoms with Crippen LogP contribution in [0.3, 0.4) is 0 Å². The zero-order valence-corrected chi connectivity index (χ0v) is 13.2. The summed E-state index contributed by atoms with van der Waals surface area (Å²) in [4.78, 5) is 12.1. The van der Waals surface area contributed by atoms with Gasteiger partial charge in [-0.05, 0) is 35.2 Å². The molecular formula is C17H19ClN2O. The standard InChI is InChI=1S/C17H19ClN2O/c1-17(2,3)14-9-4-5-10-15(14)20-16(21)19-13-8-6-7-12(18)11-13/h4-11H,1-3H3,(H2,19,20,21). The summed E-state index contributed by atoms with van der Waals surface area (Å²) in [6.07, 6.45) is 0. The fourth-order valence-corrected chi connectivity index (χ4v) is 2.29. The molecule has 0 spiro atoms. The van der Waals surface area contributed by atoms with Crippen molar-refractivity contribution in [2.75, 3.05) is 10.6 Å². The average Bonchev–Trinajstić information content (AvgIpc) is 2.37. The zero-order valence-electron chi connectivity index (χ0n) is 12.4. The molecule has 0 saturated heterocycles. The van der Waals surface area contributed by atoms with Crippen LogP contribution in [0.4, 0.5) is 16.2 Å². The van der Waals surface area contributed by atoms with E-state index in [1.807, 2.05) is 24.3 Å². The summed E-state index contributed by atoms with van der Waals surface area (Å²) in [5.41, 5.74) is 2.52. The summed E-state index contributed by atoms with van der Waals surface area (Å²) in [6.45, 7) is 6.34. The highest BCUT2D eigenvalue weighted by Gasteiger charge is 2.18. The van der Waals surface area contributed by atoms with Crippen molar-refractivity contribution < 1.29 is 4.79 Å². The van der Waals surface area contributed by atoms with Crippen LogP contribution in [0.5, 0.6) is 0 Å². The first-order valence-corrected chi connectivity index (χ1v) is 7.17. The number of hydrogen-bond acceptors (Lipinski definition) is 1. The van der Waals surface area contributed by atoms with Crippen molar-refractivity contribution in [3.8, 4) is 0 Å². The van der Waals surface area contributed by atoms with Gasteiger partial charge in [-0.2, -0.15) is 0 Å². The lowest BCUT2D eigenvalue weighted by molar-refractivity contribution is 0.262. The second kappa shape index (κ2) is 6.19. The third-order valence-electron chi connectivity index (χ3n) is 3.07. The molecule has 2 amide bonds. The Hall–Kier alpha value is -2.00. The molecule has 0 heterocycles. The monoisotopic (exact) mass is 302 g/mol. The molecule has 3 nitrogen and oxygen atoms in total. The lowest BCUT2D eigenvalue weighted by Crippen LogP contribution is -2.22. The van der Waals surface area contributed by atoms with E-state index in [9.17, 15) is 4.79 Å². The molecule has 2 aromatic carbocycles. The van der Waals surface area contributed by atoms with Gasteiger partial charge in [-0.1, -0.05) is 56.6 Å². The number of carbonyl (C=O) groups is 1. The van der Waals surface area contributed by atoms with E-state index in [1.165, 1.54) is 0 Å². The molecule has 0 atom stereocenters. The molecule has 0 saturated carbocycles. The maximum absolute atomic E-state index is 12.1. The van der Waals surface area contributed by atoms with E-state index in [4.69, 9.17) is 11.6 Å². The second-order valence-electron chi connectivity index (χ2n) is 5.89. The van der Waals surface area contributed by atoms with Crippen molar-refractivity contribution >= 4 is 29.0 Å². The van der Waals surface area contributed by atoms with E-state index in [1.54, 1.807) is 24.3 Å². The van der Waals surface area contributed by atoms with E-state index in [-0.39, 0.29) is 11.4 Å². The molecule has 0 aliphatic carbocycles. The fraction of sp³-hybridized carbons (Fsp3) is 0.235. The highest BCUT2D eigenvalue weighted by atomic mass is 35.5. The Morgan fingerprint density at radius 1 is 1.00 bits per heavy atom. The summed E-state index contributed by atoms with van der Waals surface area (Å²) in [6, 6.07) is 14.6. The van der Waals surface area contributed by atoms with Crippen molar-refractivity contribution in [1.82, 2.24) is 0 Å². The maximum Gasteiger partial charge on any atom is 0.323 e. The van der Waals surface area contributed by atoms with Crippen LogP contribution in [0.25, 0.3) is 0 Å². The van der Waals surface area contributed by atoms with Crippen LogP contribution >= 0.6 is 11.6 Å². The maximum atomic E-state index is 12.1. The Bertz CT molecular complexity index is 647. The van der Waals surface area contributed by atoms with Crippen LogP contribution in [0.1, 0.15) is 26.3 Å². The molecule has 0 radical (unpaired) electrons. The fourth-order valence-electron chi connectivity index (χ4n) is 2.10. The number of benzene rings is 2. The van der Waals surface area contributed by atoms with Crippen LogP contribution in [-0.4, -0.2) is 6.03 Å². The zero-order chi connectivity index (χ0) is 15.5. The van der Waals surface area contributed by atoms with Crippen molar-refractivity contribution in [1.29, 1.82) is 0 Å². The number of halogens is 1. The topological polar surface area (TPSA) is 41.1 Å². The van der Waals surface area contributed by atoms with Gasteiger partial charge in [0.05, 0.1) is 0 Å². The molecule has 0 aliphatic rings. The lowest BCUT2D eigenvalue weighted by Gasteiger charge is -2.23. The van der Waals surface area contributed by atoms with Crippen LogP contribution in [0, 0.1) is 0 Å². The van der Waals surface area contributed by atoms with E-state index in [0.29, 0.717) is 10.7 Å². The second-order valence-corrected chi connectivity index (χ2v) is 6.32. The number of para-hydroxylation sites is 1. The number of anilines is 2. The minimum absolute atomic E-state index is 0.0417. The molecule has 2 aromatic rings. The highest BCUT2D eigenvalue weighted by molar-refractivity contribution is 6.30. The van der Waals surface area contributed by atoms with Gasteiger partial charge in [-0.15, -0.1) is 0 Å². The van der Waals surface area contributed by atoms with Gasteiger partial charge in [0.2, 0.25) is 0 Å². The molecule has 0 aromatic heterocycles. The summed E-state index contributed by atoms with van der Waals surface area (Å²) in [7, 11) is 0. The smallest absolute Gasteiger partial charge is 0.308 e. The van der Waals surface area contributed by atoms with Crippen LogP contribution in [0.2, 0.25) is 5.02 Å². The van der Waals surface area contributed by atoms with E-state index >= 15 is 0 Å². The minimum Gasteiger partial charge on any atom is -0.308 e. The van der Waals surface area contributed by atoms with Gasteiger partial charge in [-0.3, -0.25) is 0 Å². The molecule has 0 aliphatic heterocycles. The predicted octanol–water partition coefficient (Wildman–Crippen LogP) is 5.28. The van der Waals surface area contributed by atoms with Gasteiger partial charge in [0.15, 0.2) is 0 Å². The number of amides is 2. The molecule has 0 fully saturated rings. The Labute approximate surface area is 130 Å². The number of carbonyl (C=O) groups excluding carboxylic acids is 1. The van der Waals surface area contributed by atoms with Crippen molar-refractivity contribution in [3.05, 3.63) is 59.1 Å². The highest BCUT2D eigenvalue weighted by Crippen LogP contribution is 2.29. The number of urea groups is 1. The number of rotatable bonds is 2. The first-order chi connectivity index (χ1) is 9.86. The van der Waals surface area contributed by atoms with E-state index in [0.717, 1.165) is 11.3 Å². The average molecular weight is 303 g/mol. The summed E-state index contributed by atoms with van der Waals surface area (Å²) >= 11 is 5.90. The Morgan fingerprint density at radius 3 is 2.38 bits per heavy atom. The van der Waals surface area contributed by atoms with Gasteiger partial charge in [-0.25, -0.2) is 4.79 Å². The Balaban J connectivity index is 2.14. The van der Waals surface area contributed by atoms with Crippen LogP contribution in [0.15, 0.2) is 48.5 Å². The molecule has 0 unspecified atom stereocenters. The molecule has 0 bridgehead atoms. The molecule has 110 valence electrons. The Morgan fingerprint density at radius 2 is 1.71 bits per heavy atom. The summed E-state index contributed by atoms with van der Waals surface area (Å²) < 4.78 is 0. The molecule has 4 heteroatoms. The third kappa shape index (κ3) is 4.23. The quantitative estimate of drug-likeness (QED) is 0.778. The molecule has 2 N–H and O–H groups in total. The largest absolute Gasteiger partial charge is 0.323 e. The van der Waals surface area contributed by atoms with Crippen molar-refractivity contribution in [2.24, 2.45) is 0 Å². The lowest BCUT2D eigenvalue weighted by atomic mass is 9.86. The SMILES string of the molecule is CC(C)(C)c1ccccc1NC(=O)Nc1cccc(Cl)c1. The molecule has 21 heavy (non-hydrogen) atoms. The summed E-state index contributed by atoms with van der Waals surface area (Å²) in [5, 5.41) is 6.25. The van der Waals surface area contributed by atoms with Gasteiger partial charge >= 0.3 is 6.03 Å². The van der Waals surface area contributed by atoms with Gasteiger partial charge in [0.25, 0.3) is 0 Å². The van der Waals surface area contributed by atoms with Gasteiger partial charge < -0.3 is 10.6 Å². The van der Waals surface area contributed by atoms with E-state index in [2.05, 4.69) is 31.4 Å². The van der Waals surface area contributed by atoms with E-state index < -0.39 is 0 Å². The van der Waals surface area contributed by atoms with Gasteiger partial charge in [0.1, 0.15) is 0 Å². The van der Waals surface area contributed by atoms with Crippen LogP contribution in [-0.2, 0) is 5.41 Å². The van der Waals surface area contributed by atoms with Gasteiger partial charge in [0, 0.05) is 16.4 Å². The van der Waals surface area contributed by atoms with Crippen LogP contribution < -0.4 is 10.6 Å². The van der Waals surface area contributed by atoms with Crippen molar-refractivity contribution in [2.45, 2.75) is 26.2 Å². The first kappa shape index (κ1) is 15.4. The molecular weight excluding hydrogens is 284 g/mol. The third-order valence-corrected chi connectivity index (χ3v) is 3.30. The summed E-state index contributed by atoms with van der Waals surface area (Å²) in [5.74, 6) is 0. The molecule has 2 rings (SSSR count). The Kier molecular flexibility index (Phi) is 4.53. The normalized spacial score (nSPS) is 11.0. The first-order valence-electron chi connectivity index (χ1n) is 6.79. The van der Waals surface area contributed by atoms with Crippen molar-refractivity contribution in [3.63, 3.8) is 0 Å².